The molecule has 0 saturated heterocycles. The molecule has 16 heavy (non-hydrogen) atoms. The van der Waals surface area contributed by atoms with Gasteiger partial charge in [0.1, 0.15) is 5.54 Å². The lowest BCUT2D eigenvalue weighted by Gasteiger charge is -2.22. The van der Waals surface area contributed by atoms with Gasteiger partial charge in [0.05, 0.1) is 5.92 Å². The molecule has 0 radical (unpaired) electrons. The molecule has 0 aromatic carbocycles. The van der Waals surface area contributed by atoms with Crippen LogP contribution in [0.1, 0.15) is 6.42 Å². The van der Waals surface area contributed by atoms with Crippen molar-refractivity contribution in [3.63, 3.8) is 0 Å². The quantitative estimate of drug-likeness (QED) is 0.346. The molecule has 0 amide bonds. The molecule has 5 atom stereocenters. The minimum Gasteiger partial charge on any atom is -0.481 e. The zero-order valence-electron chi connectivity index (χ0n) is 8.15. The molecule has 8 nitrogen and oxygen atoms in total. The first-order chi connectivity index (χ1) is 7.43. The molecule has 2 fully saturated rings. The van der Waals surface area contributed by atoms with Gasteiger partial charge in [0.2, 0.25) is 0 Å². The minimum absolute atomic E-state index is 0.00546. The van der Waals surface area contributed by atoms with Gasteiger partial charge in [0, 0.05) is 16.9 Å². The summed E-state index contributed by atoms with van der Waals surface area (Å²) in [5.41, 5.74) is 12.4. The van der Waals surface area contributed by atoms with Crippen molar-refractivity contribution in [3.05, 3.63) is 10.4 Å². The Morgan fingerprint density at radius 2 is 2.12 bits per heavy atom. The van der Waals surface area contributed by atoms with Gasteiger partial charge in [-0.05, 0) is 17.9 Å². The van der Waals surface area contributed by atoms with Crippen molar-refractivity contribution >= 4 is 11.9 Å². The number of carboxylic acid groups (broad SMARTS) is 2. The highest BCUT2D eigenvalue weighted by molar-refractivity contribution is 5.85. The Balaban J connectivity index is 2.32. The first kappa shape index (κ1) is 10.7. The maximum atomic E-state index is 11.0. The summed E-state index contributed by atoms with van der Waals surface area (Å²) >= 11 is 0. The summed E-state index contributed by atoms with van der Waals surface area (Å²) in [4.78, 5) is 24.5. The number of hydrogen-bond acceptors (Lipinski definition) is 4. The maximum absolute atomic E-state index is 11.0. The molecule has 0 aromatic rings. The Kier molecular flexibility index (Phi) is 2.08. The first-order valence-corrected chi connectivity index (χ1v) is 4.72. The van der Waals surface area contributed by atoms with E-state index < -0.39 is 41.3 Å². The van der Waals surface area contributed by atoms with E-state index in [4.69, 9.17) is 21.5 Å². The van der Waals surface area contributed by atoms with Crippen LogP contribution in [0.4, 0.5) is 0 Å². The van der Waals surface area contributed by atoms with Crippen LogP contribution in [0, 0.1) is 17.8 Å². The summed E-state index contributed by atoms with van der Waals surface area (Å²) in [6.07, 6.45) is 0.00546. The lowest BCUT2D eigenvalue weighted by atomic mass is 9.90. The van der Waals surface area contributed by atoms with E-state index in [1.165, 1.54) is 0 Å². The molecule has 4 N–H and O–H groups in total. The summed E-state index contributed by atoms with van der Waals surface area (Å²) in [6.45, 7) is 0. The zero-order chi connectivity index (χ0) is 12.1. The van der Waals surface area contributed by atoms with Gasteiger partial charge in [0.15, 0.2) is 0 Å². The number of hydrogen-bond donors (Lipinski definition) is 3. The monoisotopic (exact) mass is 226 g/mol. The summed E-state index contributed by atoms with van der Waals surface area (Å²) in [5, 5.41) is 21.3. The van der Waals surface area contributed by atoms with E-state index in [9.17, 15) is 9.59 Å². The summed E-state index contributed by atoms with van der Waals surface area (Å²) in [7, 11) is 0. The summed E-state index contributed by atoms with van der Waals surface area (Å²) in [5.74, 6) is -4.18. The highest BCUT2D eigenvalue weighted by atomic mass is 16.4. The number of azide groups is 1. The smallest absolute Gasteiger partial charge is 0.324 e. The first-order valence-electron chi connectivity index (χ1n) is 4.72. The number of carbonyl (C=O) groups is 2. The molecule has 86 valence electrons. The van der Waals surface area contributed by atoms with Crippen LogP contribution in [0.25, 0.3) is 10.4 Å². The van der Waals surface area contributed by atoms with E-state index in [0.717, 1.165) is 0 Å². The SMILES string of the molecule is [N-]=[N+]=NC1CC(N)(C(=O)O)C2C(C(=O)O)C12. The Morgan fingerprint density at radius 3 is 2.56 bits per heavy atom. The van der Waals surface area contributed by atoms with Crippen molar-refractivity contribution in [2.24, 2.45) is 28.6 Å². The molecule has 0 bridgehead atoms. The number of nitrogens with zero attached hydrogens (tertiary/aromatic N) is 3. The van der Waals surface area contributed by atoms with Crippen LogP contribution in [0.2, 0.25) is 0 Å². The van der Waals surface area contributed by atoms with Crippen LogP contribution in [0.3, 0.4) is 0 Å². The third kappa shape index (κ3) is 1.17. The van der Waals surface area contributed by atoms with Crippen LogP contribution < -0.4 is 5.73 Å². The maximum Gasteiger partial charge on any atom is 0.324 e. The normalized spacial score (nSPS) is 44.3. The summed E-state index contributed by atoms with van der Waals surface area (Å²) in [6, 6.07) is -0.628. The molecular weight excluding hydrogens is 216 g/mol. The number of rotatable bonds is 3. The van der Waals surface area contributed by atoms with Crippen LogP contribution in [0.5, 0.6) is 0 Å². The highest BCUT2D eigenvalue weighted by Gasteiger charge is 2.73. The predicted molar refractivity (Wildman–Crippen MR) is 50.2 cm³/mol. The zero-order valence-corrected chi connectivity index (χ0v) is 8.15. The molecule has 8 heteroatoms. The Hall–Kier alpha value is -1.79. The van der Waals surface area contributed by atoms with Crippen molar-refractivity contribution in [1.82, 2.24) is 0 Å². The second-order valence-electron chi connectivity index (χ2n) is 4.29. The topological polar surface area (TPSA) is 149 Å². The number of aliphatic carboxylic acids is 2. The van der Waals surface area contributed by atoms with Gasteiger partial charge >= 0.3 is 11.9 Å². The molecule has 0 aromatic heterocycles. The van der Waals surface area contributed by atoms with Gasteiger partial charge < -0.3 is 15.9 Å². The minimum atomic E-state index is -1.58. The van der Waals surface area contributed by atoms with Gasteiger partial charge in [-0.2, -0.15) is 0 Å². The van der Waals surface area contributed by atoms with E-state index in [-0.39, 0.29) is 6.42 Å². The molecule has 2 aliphatic rings. The highest BCUT2D eigenvalue weighted by Crippen LogP contribution is 2.62. The number of carboxylic acids is 2. The van der Waals surface area contributed by atoms with Gasteiger partial charge in [-0.25, -0.2) is 0 Å². The Labute approximate surface area is 89.7 Å². The number of fused-ring (bicyclic) bond motifs is 1. The third-order valence-electron chi connectivity index (χ3n) is 3.54. The van der Waals surface area contributed by atoms with Crippen LogP contribution >= 0.6 is 0 Å². The molecule has 0 heterocycles. The van der Waals surface area contributed by atoms with E-state index in [1.807, 2.05) is 0 Å². The number of nitrogens with two attached hydrogens (primary N) is 1. The largest absolute Gasteiger partial charge is 0.481 e. The molecule has 5 unspecified atom stereocenters. The molecule has 0 aliphatic heterocycles. The standard InChI is InChI=1S/C8H10N4O4/c9-8(7(15)16)1-2(11-12-10)3-4(5(3)8)6(13)14/h2-5H,1,9H2,(H,13,14)(H,15,16). The van der Waals surface area contributed by atoms with E-state index in [2.05, 4.69) is 10.0 Å². The van der Waals surface area contributed by atoms with E-state index in [0.29, 0.717) is 0 Å². The fourth-order valence-corrected chi connectivity index (χ4v) is 2.83. The molecule has 2 rings (SSSR count). The Bertz CT molecular complexity index is 418. The van der Waals surface area contributed by atoms with Gasteiger partial charge in [0.25, 0.3) is 0 Å². The Morgan fingerprint density at radius 1 is 1.50 bits per heavy atom. The molecule has 0 spiro atoms. The lowest BCUT2D eigenvalue weighted by molar-refractivity contribution is -0.145. The third-order valence-corrected chi connectivity index (χ3v) is 3.54. The van der Waals surface area contributed by atoms with Crippen molar-refractivity contribution < 1.29 is 19.8 Å². The average molecular weight is 226 g/mol. The molecule has 2 saturated carbocycles. The van der Waals surface area contributed by atoms with Crippen molar-refractivity contribution in [3.8, 4) is 0 Å². The fourth-order valence-electron chi connectivity index (χ4n) is 2.83. The van der Waals surface area contributed by atoms with Crippen LogP contribution in [0.15, 0.2) is 5.11 Å². The van der Waals surface area contributed by atoms with Crippen LogP contribution in [-0.4, -0.2) is 33.7 Å². The van der Waals surface area contributed by atoms with E-state index >= 15 is 0 Å². The van der Waals surface area contributed by atoms with Gasteiger partial charge in [-0.3, -0.25) is 9.59 Å². The van der Waals surface area contributed by atoms with Crippen molar-refractivity contribution in [2.75, 3.05) is 0 Å². The van der Waals surface area contributed by atoms with Crippen molar-refractivity contribution in [1.29, 1.82) is 0 Å². The lowest BCUT2D eigenvalue weighted by Crippen LogP contribution is -2.50. The van der Waals surface area contributed by atoms with Gasteiger partial charge in [-0.15, -0.1) is 0 Å². The summed E-state index contributed by atoms with van der Waals surface area (Å²) < 4.78 is 0. The predicted octanol–water partition coefficient (Wildman–Crippen LogP) is -0.202. The average Bonchev–Trinajstić information content (AvgIpc) is 2.85. The van der Waals surface area contributed by atoms with Crippen LogP contribution in [-0.2, 0) is 9.59 Å². The second kappa shape index (κ2) is 3.10. The van der Waals surface area contributed by atoms with Crippen molar-refractivity contribution in [2.45, 2.75) is 18.0 Å². The second-order valence-corrected chi connectivity index (χ2v) is 4.29. The molecule has 2 aliphatic carbocycles. The van der Waals surface area contributed by atoms with E-state index in [1.54, 1.807) is 0 Å². The van der Waals surface area contributed by atoms with Gasteiger partial charge in [-0.1, -0.05) is 5.11 Å². The molecular formula is C8H10N4O4. The fraction of sp³-hybridized carbons (Fsp3) is 0.750.